The van der Waals surface area contributed by atoms with Crippen molar-refractivity contribution in [2.45, 2.75) is 19.4 Å². The topological polar surface area (TPSA) is 29.9 Å². The van der Waals surface area contributed by atoms with Crippen LogP contribution in [0, 0.1) is 3.57 Å². The molecule has 5 heteroatoms. The Morgan fingerprint density at radius 1 is 1.42 bits per heavy atom. The third-order valence-electron chi connectivity index (χ3n) is 3.02. The molecule has 0 aliphatic carbocycles. The number of aromatic nitrogens is 2. The summed E-state index contributed by atoms with van der Waals surface area (Å²) in [6.45, 7) is 3.16. The maximum atomic E-state index is 4.29. The van der Waals surface area contributed by atoms with Gasteiger partial charge in [-0.25, -0.2) is 0 Å². The Kier molecular flexibility index (Phi) is 5.41. The molecule has 0 bridgehead atoms. The van der Waals surface area contributed by atoms with E-state index in [1.807, 2.05) is 17.9 Å². The smallest absolute Gasteiger partial charge is 0.0758 e. The molecule has 1 aromatic carbocycles. The van der Waals surface area contributed by atoms with E-state index in [4.69, 9.17) is 0 Å². The molecule has 0 saturated carbocycles. The van der Waals surface area contributed by atoms with Gasteiger partial charge in [-0.15, -0.1) is 0 Å². The predicted molar refractivity (Wildman–Crippen MR) is 90.2 cm³/mol. The maximum Gasteiger partial charge on any atom is 0.0758 e. The van der Waals surface area contributed by atoms with E-state index in [9.17, 15) is 0 Å². The average Bonchev–Trinajstić information content (AvgIpc) is 2.80. The normalized spacial score (nSPS) is 12.6. The molecule has 19 heavy (non-hydrogen) atoms. The second kappa shape index (κ2) is 6.85. The molecule has 1 aromatic heterocycles. The van der Waals surface area contributed by atoms with Crippen LogP contribution in [0.2, 0.25) is 0 Å². The fourth-order valence-corrected chi connectivity index (χ4v) is 3.09. The molecule has 0 aliphatic heterocycles. The fraction of sp³-hybridized carbons (Fsp3) is 0.357. The van der Waals surface area contributed by atoms with E-state index in [0.717, 1.165) is 17.4 Å². The molecular formula is C14H17BrIN3. The van der Waals surface area contributed by atoms with E-state index in [-0.39, 0.29) is 6.04 Å². The number of hydrogen-bond acceptors (Lipinski definition) is 2. The minimum Gasteiger partial charge on any atom is -0.305 e. The summed E-state index contributed by atoms with van der Waals surface area (Å²) < 4.78 is 4.30. The quantitative estimate of drug-likeness (QED) is 0.725. The number of nitrogens with zero attached hydrogens (tertiary/aromatic N) is 2. The Morgan fingerprint density at radius 3 is 2.84 bits per heavy atom. The highest BCUT2D eigenvalue weighted by Gasteiger charge is 2.19. The zero-order valence-corrected chi connectivity index (χ0v) is 14.8. The molecular weight excluding hydrogens is 417 g/mol. The molecule has 1 unspecified atom stereocenters. The van der Waals surface area contributed by atoms with Crippen molar-refractivity contribution < 1.29 is 0 Å². The first-order valence-corrected chi connectivity index (χ1v) is 8.17. The number of hydrogen-bond donors (Lipinski definition) is 1. The van der Waals surface area contributed by atoms with Crippen LogP contribution in [0.5, 0.6) is 0 Å². The Bertz CT molecular complexity index is 553. The van der Waals surface area contributed by atoms with E-state index >= 15 is 0 Å². The zero-order chi connectivity index (χ0) is 13.8. The van der Waals surface area contributed by atoms with Gasteiger partial charge >= 0.3 is 0 Å². The van der Waals surface area contributed by atoms with Crippen molar-refractivity contribution in [3.8, 4) is 0 Å². The molecule has 2 rings (SSSR count). The second-order valence-electron chi connectivity index (χ2n) is 4.43. The van der Waals surface area contributed by atoms with Crippen LogP contribution in [0.4, 0.5) is 0 Å². The van der Waals surface area contributed by atoms with E-state index < -0.39 is 0 Å². The maximum absolute atomic E-state index is 4.29. The van der Waals surface area contributed by atoms with Crippen LogP contribution in [0.3, 0.4) is 0 Å². The van der Waals surface area contributed by atoms with Crippen LogP contribution >= 0.6 is 38.5 Å². The lowest BCUT2D eigenvalue weighted by Crippen LogP contribution is -2.26. The Morgan fingerprint density at radius 2 is 2.21 bits per heavy atom. The van der Waals surface area contributed by atoms with Crippen molar-refractivity contribution in [2.75, 3.05) is 6.54 Å². The highest BCUT2D eigenvalue weighted by atomic mass is 127. The molecule has 0 spiro atoms. The minimum absolute atomic E-state index is 0.178. The lowest BCUT2D eigenvalue weighted by atomic mass is 10.0. The molecule has 2 aromatic rings. The van der Waals surface area contributed by atoms with Gasteiger partial charge in [0.1, 0.15) is 0 Å². The molecule has 3 nitrogen and oxygen atoms in total. The number of benzene rings is 1. The molecule has 0 saturated heterocycles. The van der Waals surface area contributed by atoms with Crippen LogP contribution < -0.4 is 5.32 Å². The molecule has 0 fully saturated rings. The SMILES string of the molecule is CCCNC(c1cc(Br)ccc1I)c1ccnn1C. The van der Waals surface area contributed by atoms with Crippen LogP contribution in [-0.2, 0) is 7.05 Å². The summed E-state index contributed by atoms with van der Waals surface area (Å²) >= 11 is 5.95. The van der Waals surface area contributed by atoms with Gasteiger partial charge in [-0.05, 0) is 65.4 Å². The van der Waals surface area contributed by atoms with Crippen molar-refractivity contribution in [3.05, 3.63) is 49.8 Å². The second-order valence-corrected chi connectivity index (χ2v) is 6.51. The summed E-state index contributed by atoms with van der Waals surface area (Å²) in [6, 6.07) is 8.64. The van der Waals surface area contributed by atoms with Crippen molar-refractivity contribution in [2.24, 2.45) is 7.05 Å². The van der Waals surface area contributed by atoms with Gasteiger partial charge in [-0.1, -0.05) is 22.9 Å². The van der Waals surface area contributed by atoms with Crippen LogP contribution in [0.25, 0.3) is 0 Å². The molecule has 0 radical (unpaired) electrons. The van der Waals surface area contributed by atoms with E-state index in [2.05, 4.69) is 80.1 Å². The lowest BCUT2D eigenvalue weighted by molar-refractivity contribution is 0.552. The molecule has 0 amide bonds. The van der Waals surface area contributed by atoms with Crippen LogP contribution in [0.15, 0.2) is 34.9 Å². The summed E-state index contributed by atoms with van der Waals surface area (Å²) in [7, 11) is 1.99. The van der Waals surface area contributed by atoms with Crippen molar-refractivity contribution in [3.63, 3.8) is 0 Å². The number of aryl methyl sites for hydroxylation is 1. The third-order valence-corrected chi connectivity index (χ3v) is 4.50. The Labute approximate surface area is 136 Å². The lowest BCUT2D eigenvalue weighted by Gasteiger charge is -2.21. The van der Waals surface area contributed by atoms with Gasteiger partial charge in [0.05, 0.1) is 11.7 Å². The van der Waals surface area contributed by atoms with E-state index in [1.165, 1.54) is 14.8 Å². The van der Waals surface area contributed by atoms with Gasteiger partial charge in [0.25, 0.3) is 0 Å². The van der Waals surface area contributed by atoms with Gasteiger partial charge in [-0.2, -0.15) is 5.10 Å². The zero-order valence-electron chi connectivity index (χ0n) is 11.0. The highest BCUT2D eigenvalue weighted by Crippen LogP contribution is 2.28. The first kappa shape index (κ1) is 15.0. The summed E-state index contributed by atoms with van der Waals surface area (Å²) in [4.78, 5) is 0. The first-order valence-electron chi connectivity index (χ1n) is 6.29. The van der Waals surface area contributed by atoms with Crippen LogP contribution in [0.1, 0.15) is 30.6 Å². The van der Waals surface area contributed by atoms with E-state index in [1.54, 1.807) is 0 Å². The molecule has 102 valence electrons. The number of rotatable bonds is 5. The average molecular weight is 434 g/mol. The largest absolute Gasteiger partial charge is 0.305 e. The molecule has 1 atom stereocenters. The van der Waals surface area contributed by atoms with E-state index in [0.29, 0.717) is 0 Å². The molecule has 1 N–H and O–H groups in total. The minimum atomic E-state index is 0.178. The predicted octanol–water partition coefficient (Wildman–Crippen LogP) is 3.88. The number of nitrogens with one attached hydrogen (secondary N) is 1. The molecule has 1 heterocycles. The number of halogens is 2. The molecule has 0 aliphatic rings. The summed E-state index contributed by atoms with van der Waals surface area (Å²) in [5, 5.41) is 7.90. The van der Waals surface area contributed by atoms with Crippen molar-refractivity contribution in [1.29, 1.82) is 0 Å². The van der Waals surface area contributed by atoms with Gasteiger partial charge in [-0.3, -0.25) is 4.68 Å². The van der Waals surface area contributed by atoms with Crippen molar-refractivity contribution >= 4 is 38.5 Å². The standard InChI is InChI=1S/C14H17BrIN3/c1-3-7-17-14(13-6-8-18-19(13)2)11-9-10(15)4-5-12(11)16/h4-6,8-9,14,17H,3,7H2,1-2H3. The fourth-order valence-electron chi connectivity index (χ4n) is 2.07. The van der Waals surface area contributed by atoms with Crippen molar-refractivity contribution in [1.82, 2.24) is 15.1 Å². The first-order chi connectivity index (χ1) is 9.13. The summed E-state index contributed by atoms with van der Waals surface area (Å²) in [5.41, 5.74) is 2.47. The monoisotopic (exact) mass is 433 g/mol. The highest BCUT2D eigenvalue weighted by molar-refractivity contribution is 14.1. The third kappa shape index (κ3) is 3.58. The summed E-state index contributed by atoms with van der Waals surface area (Å²) in [5.74, 6) is 0. The van der Waals surface area contributed by atoms with Crippen LogP contribution in [-0.4, -0.2) is 16.3 Å². The summed E-state index contributed by atoms with van der Waals surface area (Å²) in [6.07, 6.45) is 2.96. The van der Waals surface area contributed by atoms with Gasteiger partial charge in [0, 0.05) is 21.3 Å². The Hall–Kier alpha value is -0.400. The van der Waals surface area contributed by atoms with Gasteiger partial charge < -0.3 is 5.32 Å². The van der Waals surface area contributed by atoms with Gasteiger partial charge in [0.15, 0.2) is 0 Å². The Balaban J connectivity index is 2.42. The van der Waals surface area contributed by atoms with Gasteiger partial charge in [0.2, 0.25) is 0 Å².